The minimum Gasteiger partial charge on any atom is -0.493 e. The molecule has 2 aliphatic rings. The fraction of sp³-hybridized carbons (Fsp3) is 0.435. The maximum absolute atomic E-state index is 12.8. The van der Waals surface area contributed by atoms with E-state index in [4.69, 9.17) is 9.47 Å². The number of hydrogen-bond donors (Lipinski definition) is 0. The van der Waals surface area contributed by atoms with Crippen molar-refractivity contribution in [3.8, 4) is 11.5 Å². The quantitative estimate of drug-likeness (QED) is 0.507. The Hall–Kier alpha value is -3.09. The Morgan fingerprint density at radius 1 is 1.13 bits per heavy atom. The third kappa shape index (κ3) is 3.84. The van der Waals surface area contributed by atoms with E-state index in [0.717, 1.165) is 24.2 Å². The predicted octanol–water partition coefficient (Wildman–Crippen LogP) is 4.75. The molecule has 0 radical (unpaired) electrons. The first-order valence-corrected chi connectivity index (χ1v) is 10.4. The lowest BCUT2D eigenvalue weighted by atomic mass is 9.98. The standard InChI is InChI=1S/C23H26N2O5/c1-15-19(8-5-9-20(15)25(27)28)24-14-17(13-23(24)26)16-10-11-21(29-2)22(12-16)30-18-6-3-4-7-18/h5,8-12,17-18H,3-4,6-7,13-14H2,1-2H3. The van der Waals surface area contributed by atoms with E-state index in [0.29, 0.717) is 30.0 Å². The molecule has 0 aromatic heterocycles. The van der Waals surface area contributed by atoms with Crippen LogP contribution in [0.1, 0.15) is 49.1 Å². The summed E-state index contributed by atoms with van der Waals surface area (Å²) in [7, 11) is 1.63. The van der Waals surface area contributed by atoms with Gasteiger partial charge in [-0.2, -0.15) is 0 Å². The number of ether oxygens (including phenoxy) is 2. The minimum atomic E-state index is -0.410. The molecule has 1 heterocycles. The Morgan fingerprint density at radius 2 is 1.90 bits per heavy atom. The zero-order valence-electron chi connectivity index (χ0n) is 17.3. The number of methoxy groups -OCH3 is 1. The number of benzene rings is 2. The molecule has 1 amide bonds. The second-order valence-corrected chi connectivity index (χ2v) is 8.02. The van der Waals surface area contributed by atoms with Gasteiger partial charge in [-0.3, -0.25) is 14.9 Å². The van der Waals surface area contributed by atoms with Crippen LogP contribution in [-0.4, -0.2) is 30.6 Å². The number of nitrogens with zero attached hydrogens (tertiary/aromatic N) is 2. The second kappa shape index (κ2) is 8.34. The van der Waals surface area contributed by atoms with Crippen LogP contribution in [0.3, 0.4) is 0 Å². The van der Waals surface area contributed by atoms with Gasteiger partial charge in [-0.05, 0) is 56.4 Å². The smallest absolute Gasteiger partial charge is 0.274 e. The van der Waals surface area contributed by atoms with Crippen LogP contribution in [0.2, 0.25) is 0 Å². The molecule has 7 nitrogen and oxygen atoms in total. The maximum Gasteiger partial charge on any atom is 0.274 e. The number of nitro groups is 1. The van der Waals surface area contributed by atoms with Gasteiger partial charge in [0.25, 0.3) is 5.69 Å². The molecule has 1 unspecified atom stereocenters. The average molecular weight is 410 g/mol. The van der Waals surface area contributed by atoms with Crippen molar-refractivity contribution in [2.24, 2.45) is 0 Å². The molecule has 0 spiro atoms. The third-order valence-corrected chi connectivity index (χ3v) is 6.14. The topological polar surface area (TPSA) is 81.9 Å². The Labute approximate surface area is 175 Å². The minimum absolute atomic E-state index is 0.00648. The van der Waals surface area contributed by atoms with Gasteiger partial charge in [-0.1, -0.05) is 12.1 Å². The molecule has 1 aliphatic carbocycles. The van der Waals surface area contributed by atoms with Crippen molar-refractivity contribution in [2.75, 3.05) is 18.6 Å². The molecule has 158 valence electrons. The molecule has 30 heavy (non-hydrogen) atoms. The number of carbonyl (C=O) groups excluding carboxylic acids is 1. The zero-order chi connectivity index (χ0) is 21.3. The highest BCUT2D eigenvalue weighted by atomic mass is 16.6. The molecule has 1 atom stereocenters. The van der Waals surface area contributed by atoms with Crippen LogP contribution < -0.4 is 14.4 Å². The van der Waals surface area contributed by atoms with Gasteiger partial charge in [-0.25, -0.2) is 0 Å². The monoisotopic (exact) mass is 410 g/mol. The van der Waals surface area contributed by atoms with Gasteiger partial charge in [0.1, 0.15) is 0 Å². The lowest BCUT2D eigenvalue weighted by Crippen LogP contribution is -2.25. The summed E-state index contributed by atoms with van der Waals surface area (Å²) < 4.78 is 11.7. The Balaban J connectivity index is 1.58. The van der Waals surface area contributed by atoms with E-state index in [2.05, 4.69) is 0 Å². The number of amides is 1. The van der Waals surface area contributed by atoms with Crippen molar-refractivity contribution in [1.82, 2.24) is 0 Å². The Bertz CT molecular complexity index is 968. The van der Waals surface area contributed by atoms with Crippen LogP contribution in [0.25, 0.3) is 0 Å². The number of rotatable bonds is 6. The zero-order valence-corrected chi connectivity index (χ0v) is 17.3. The third-order valence-electron chi connectivity index (χ3n) is 6.14. The van der Waals surface area contributed by atoms with E-state index >= 15 is 0 Å². The molecule has 1 aliphatic heterocycles. The normalized spacial score (nSPS) is 19.3. The summed E-state index contributed by atoms with van der Waals surface area (Å²) in [4.78, 5) is 25.3. The van der Waals surface area contributed by atoms with Crippen molar-refractivity contribution in [3.63, 3.8) is 0 Å². The van der Waals surface area contributed by atoms with Crippen LogP contribution in [0.4, 0.5) is 11.4 Å². The highest BCUT2D eigenvalue weighted by Crippen LogP contribution is 2.39. The molecule has 0 bridgehead atoms. The van der Waals surface area contributed by atoms with Crippen LogP contribution in [0.5, 0.6) is 11.5 Å². The van der Waals surface area contributed by atoms with Crippen LogP contribution in [0, 0.1) is 17.0 Å². The molecule has 2 aromatic rings. The maximum atomic E-state index is 12.8. The fourth-order valence-corrected chi connectivity index (χ4v) is 4.49. The SMILES string of the molecule is COc1ccc(C2CC(=O)N(c3cccc([N+](=O)[O-])c3C)C2)cc1OC1CCCC1. The van der Waals surface area contributed by atoms with Crippen LogP contribution in [0.15, 0.2) is 36.4 Å². The number of nitro benzene ring substituents is 1. The highest BCUT2D eigenvalue weighted by molar-refractivity contribution is 5.97. The molecule has 1 saturated heterocycles. The van der Waals surface area contributed by atoms with Gasteiger partial charge in [0.2, 0.25) is 5.91 Å². The lowest BCUT2D eigenvalue weighted by molar-refractivity contribution is -0.385. The second-order valence-electron chi connectivity index (χ2n) is 8.02. The molecule has 7 heteroatoms. The van der Waals surface area contributed by atoms with Gasteiger partial charge < -0.3 is 14.4 Å². The highest BCUT2D eigenvalue weighted by Gasteiger charge is 2.34. The molecule has 4 rings (SSSR count). The number of carbonyl (C=O) groups is 1. The molecule has 2 fully saturated rings. The summed E-state index contributed by atoms with van der Waals surface area (Å²) in [6, 6.07) is 10.7. The van der Waals surface area contributed by atoms with E-state index in [1.807, 2.05) is 18.2 Å². The Kier molecular flexibility index (Phi) is 5.61. The Morgan fingerprint density at radius 3 is 2.60 bits per heavy atom. The summed E-state index contributed by atoms with van der Waals surface area (Å²) in [5.41, 5.74) is 2.16. The largest absolute Gasteiger partial charge is 0.493 e. The summed E-state index contributed by atoms with van der Waals surface area (Å²) in [6.45, 7) is 2.17. The van der Waals surface area contributed by atoms with Gasteiger partial charge in [-0.15, -0.1) is 0 Å². The van der Waals surface area contributed by atoms with Crippen molar-refractivity contribution in [1.29, 1.82) is 0 Å². The van der Waals surface area contributed by atoms with Crippen molar-refractivity contribution < 1.29 is 19.2 Å². The predicted molar refractivity (Wildman–Crippen MR) is 113 cm³/mol. The van der Waals surface area contributed by atoms with E-state index in [9.17, 15) is 14.9 Å². The van der Waals surface area contributed by atoms with Gasteiger partial charge in [0, 0.05) is 24.9 Å². The molecular weight excluding hydrogens is 384 g/mol. The van der Waals surface area contributed by atoms with E-state index in [1.54, 1.807) is 31.1 Å². The summed E-state index contributed by atoms with van der Waals surface area (Å²) in [5, 5.41) is 11.3. The summed E-state index contributed by atoms with van der Waals surface area (Å²) in [6.07, 6.45) is 5.04. The summed E-state index contributed by atoms with van der Waals surface area (Å²) in [5.74, 6) is 1.38. The first-order valence-electron chi connectivity index (χ1n) is 10.4. The van der Waals surface area contributed by atoms with Gasteiger partial charge >= 0.3 is 0 Å². The number of hydrogen-bond acceptors (Lipinski definition) is 5. The van der Waals surface area contributed by atoms with E-state index in [-0.39, 0.29) is 23.6 Å². The van der Waals surface area contributed by atoms with E-state index < -0.39 is 4.92 Å². The average Bonchev–Trinajstić information content (AvgIpc) is 3.37. The molecule has 0 N–H and O–H groups in total. The molecule has 2 aromatic carbocycles. The lowest BCUT2D eigenvalue weighted by Gasteiger charge is -2.20. The first-order chi connectivity index (χ1) is 14.5. The van der Waals surface area contributed by atoms with Crippen molar-refractivity contribution in [3.05, 3.63) is 57.6 Å². The summed E-state index contributed by atoms with van der Waals surface area (Å²) >= 11 is 0. The fourth-order valence-electron chi connectivity index (χ4n) is 4.49. The van der Waals surface area contributed by atoms with Crippen molar-refractivity contribution in [2.45, 2.75) is 51.0 Å². The van der Waals surface area contributed by atoms with Crippen LogP contribution in [-0.2, 0) is 4.79 Å². The number of anilines is 1. The van der Waals surface area contributed by atoms with Crippen molar-refractivity contribution >= 4 is 17.3 Å². The van der Waals surface area contributed by atoms with E-state index in [1.165, 1.54) is 18.9 Å². The molecular formula is C23H26N2O5. The first kappa shape index (κ1) is 20.2. The van der Waals surface area contributed by atoms with Gasteiger partial charge in [0.05, 0.1) is 29.4 Å². The van der Waals surface area contributed by atoms with Crippen LogP contribution >= 0.6 is 0 Å². The van der Waals surface area contributed by atoms with Gasteiger partial charge in [0.15, 0.2) is 11.5 Å². The molecule has 1 saturated carbocycles.